The SMILES string of the molecule is CCCc1nc2c(C)cc(-c3cn(C(C)C)cn3)cc2n1Cc1ccc(-c2ccccc2C(=O)OC(C)(C)C)cc1. The molecule has 5 aromatic rings. The summed E-state index contributed by atoms with van der Waals surface area (Å²) in [5, 5.41) is 0. The predicted molar refractivity (Wildman–Crippen MR) is 166 cm³/mol. The summed E-state index contributed by atoms with van der Waals surface area (Å²) < 4.78 is 10.1. The first kappa shape index (κ1) is 28.3. The van der Waals surface area contributed by atoms with Crippen molar-refractivity contribution >= 4 is 17.0 Å². The number of hydrogen-bond acceptors (Lipinski definition) is 4. The standard InChI is InChI=1S/C35H40N4O2/c1-8-11-32-37-33-24(4)18-27(30-21-38(22-36-30)23(2)3)19-31(33)39(32)20-25-14-16-26(17-15-25)28-12-9-10-13-29(28)34(40)41-35(5,6)7/h9-10,12-19,21-23H,8,11,20H2,1-7H3. The molecular weight excluding hydrogens is 508 g/mol. The quantitative estimate of drug-likeness (QED) is 0.183. The molecule has 41 heavy (non-hydrogen) atoms. The van der Waals surface area contributed by atoms with E-state index in [1.807, 2.05) is 51.4 Å². The van der Waals surface area contributed by atoms with E-state index in [0.717, 1.165) is 57.6 Å². The predicted octanol–water partition coefficient (Wildman–Crippen LogP) is 8.41. The van der Waals surface area contributed by atoms with Crippen LogP contribution in [0.15, 0.2) is 73.2 Å². The molecule has 0 fully saturated rings. The molecule has 6 nitrogen and oxygen atoms in total. The Balaban J connectivity index is 1.49. The molecule has 0 unspecified atom stereocenters. The third kappa shape index (κ3) is 6.12. The number of hydrogen-bond donors (Lipinski definition) is 0. The highest BCUT2D eigenvalue weighted by molar-refractivity contribution is 5.97. The average Bonchev–Trinajstić information content (AvgIpc) is 3.55. The molecule has 0 amide bonds. The van der Waals surface area contributed by atoms with Gasteiger partial charge in [-0.25, -0.2) is 14.8 Å². The Kier molecular flexibility index (Phi) is 7.85. The summed E-state index contributed by atoms with van der Waals surface area (Å²) in [7, 11) is 0. The molecule has 0 atom stereocenters. The molecule has 0 radical (unpaired) electrons. The molecule has 0 bridgehead atoms. The lowest BCUT2D eigenvalue weighted by molar-refractivity contribution is 0.00704. The largest absolute Gasteiger partial charge is 0.456 e. The van der Waals surface area contributed by atoms with E-state index in [2.05, 4.69) is 79.4 Å². The minimum absolute atomic E-state index is 0.310. The summed E-state index contributed by atoms with van der Waals surface area (Å²) in [5.74, 6) is 0.783. The lowest BCUT2D eigenvalue weighted by Crippen LogP contribution is -2.24. The Bertz CT molecular complexity index is 1680. The molecule has 0 N–H and O–H groups in total. The van der Waals surface area contributed by atoms with Crippen molar-refractivity contribution < 1.29 is 9.53 Å². The van der Waals surface area contributed by atoms with Crippen LogP contribution < -0.4 is 0 Å². The summed E-state index contributed by atoms with van der Waals surface area (Å²) in [6.45, 7) is 15.0. The molecule has 5 rings (SSSR count). The fourth-order valence-electron chi connectivity index (χ4n) is 5.17. The van der Waals surface area contributed by atoms with E-state index in [4.69, 9.17) is 14.7 Å². The van der Waals surface area contributed by atoms with Crippen molar-refractivity contribution in [1.29, 1.82) is 0 Å². The Hall–Kier alpha value is -4.19. The van der Waals surface area contributed by atoms with Crippen LogP contribution in [0, 0.1) is 6.92 Å². The van der Waals surface area contributed by atoms with Crippen LogP contribution in [0.2, 0.25) is 0 Å². The minimum atomic E-state index is -0.551. The molecule has 2 heterocycles. The fourth-order valence-corrected chi connectivity index (χ4v) is 5.17. The van der Waals surface area contributed by atoms with Crippen molar-refractivity contribution in [1.82, 2.24) is 19.1 Å². The van der Waals surface area contributed by atoms with Gasteiger partial charge in [0.1, 0.15) is 11.4 Å². The van der Waals surface area contributed by atoms with E-state index < -0.39 is 5.60 Å². The van der Waals surface area contributed by atoms with E-state index in [9.17, 15) is 4.79 Å². The molecule has 0 aliphatic heterocycles. The van der Waals surface area contributed by atoms with Gasteiger partial charge in [0.2, 0.25) is 0 Å². The van der Waals surface area contributed by atoms with Crippen molar-refractivity contribution in [3.05, 3.63) is 95.7 Å². The zero-order chi connectivity index (χ0) is 29.3. The number of fused-ring (bicyclic) bond motifs is 1. The van der Waals surface area contributed by atoms with Crippen molar-refractivity contribution in [2.24, 2.45) is 0 Å². The fraction of sp³-hybridized carbons (Fsp3) is 0.343. The summed E-state index contributed by atoms with van der Waals surface area (Å²) in [4.78, 5) is 22.7. The number of nitrogens with zero attached hydrogens (tertiary/aromatic N) is 4. The van der Waals surface area contributed by atoms with Crippen LogP contribution in [0.4, 0.5) is 0 Å². The molecule has 0 aliphatic carbocycles. The third-order valence-corrected chi connectivity index (χ3v) is 7.24. The zero-order valence-corrected chi connectivity index (χ0v) is 25.2. The van der Waals surface area contributed by atoms with Gasteiger partial charge < -0.3 is 13.9 Å². The Labute approximate surface area is 243 Å². The number of esters is 1. The lowest BCUT2D eigenvalue weighted by Gasteiger charge is -2.20. The topological polar surface area (TPSA) is 61.9 Å². The normalized spacial score (nSPS) is 11.9. The van der Waals surface area contributed by atoms with Gasteiger partial charge >= 0.3 is 5.97 Å². The van der Waals surface area contributed by atoms with Gasteiger partial charge in [-0.05, 0) is 88.4 Å². The van der Waals surface area contributed by atoms with E-state index in [1.54, 1.807) is 0 Å². The molecule has 0 spiro atoms. The second-order valence-corrected chi connectivity index (χ2v) is 12.1. The van der Waals surface area contributed by atoms with Gasteiger partial charge in [-0.15, -0.1) is 0 Å². The molecule has 212 valence electrons. The molecule has 2 aromatic heterocycles. The van der Waals surface area contributed by atoms with Gasteiger partial charge in [0.25, 0.3) is 0 Å². The van der Waals surface area contributed by atoms with Crippen molar-refractivity contribution in [3.8, 4) is 22.4 Å². The first-order valence-electron chi connectivity index (χ1n) is 14.5. The number of carbonyl (C=O) groups is 1. The van der Waals surface area contributed by atoms with Crippen LogP contribution in [-0.4, -0.2) is 30.7 Å². The smallest absolute Gasteiger partial charge is 0.339 e. The number of benzene rings is 3. The number of rotatable bonds is 8. The Morgan fingerprint density at radius 1 is 1.00 bits per heavy atom. The maximum Gasteiger partial charge on any atom is 0.339 e. The van der Waals surface area contributed by atoms with E-state index in [1.165, 1.54) is 5.56 Å². The van der Waals surface area contributed by atoms with E-state index in [0.29, 0.717) is 18.2 Å². The van der Waals surface area contributed by atoms with Gasteiger partial charge in [-0.1, -0.05) is 49.4 Å². The first-order chi connectivity index (χ1) is 19.5. The van der Waals surface area contributed by atoms with Gasteiger partial charge in [0, 0.05) is 30.8 Å². The second-order valence-electron chi connectivity index (χ2n) is 12.1. The van der Waals surface area contributed by atoms with Crippen molar-refractivity contribution in [3.63, 3.8) is 0 Å². The van der Waals surface area contributed by atoms with E-state index >= 15 is 0 Å². The maximum absolute atomic E-state index is 12.9. The number of carbonyl (C=O) groups excluding carboxylic acids is 1. The molecule has 3 aromatic carbocycles. The van der Waals surface area contributed by atoms with Crippen LogP contribution in [0.5, 0.6) is 0 Å². The van der Waals surface area contributed by atoms with Crippen LogP contribution in [-0.2, 0) is 17.7 Å². The van der Waals surface area contributed by atoms with Gasteiger partial charge in [0.05, 0.1) is 28.6 Å². The third-order valence-electron chi connectivity index (χ3n) is 7.24. The van der Waals surface area contributed by atoms with Crippen LogP contribution in [0.3, 0.4) is 0 Å². The maximum atomic E-state index is 12.9. The highest BCUT2D eigenvalue weighted by Gasteiger charge is 2.21. The number of ether oxygens (including phenoxy) is 1. The van der Waals surface area contributed by atoms with Gasteiger partial charge in [-0.3, -0.25) is 0 Å². The zero-order valence-electron chi connectivity index (χ0n) is 25.2. The van der Waals surface area contributed by atoms with E-state index in [-0.39, 0.29) is 5.97 Å². The molecule has 0 aliphatic rings. The monoisotopic (exact) mass is 548 g/mol. The Morgan fingerprint density at radius 3 is 2.39 bits per heavy atom. The molecular formula is C35H40N4O2. The summed E-state index contributed by atoms with van der Waals surface area (Å²) >= 11 is 0. The molecule has 6 heteroatoms. The summed E-state index contributed by atoms with van der Waals surface area (Å²) in [6.07, 6.45) is 5.95. The van der Waals surface area contributed by atoms with Crippen LogP contribution >= 0.6 is 0 Å². The molecule has 0 saturated carbocycles. The number of aryl methyl sites for hydroxylation is 2. The van der Waals surface area contributed by atoms with Crippen LogP contribution in [0.1, 0.15) is 81.3 Å². The summed E-state index contributed by atoms with van der Waals surface area (Å²) in [6, 6.07) is 20.9. The first-order valence-corrected chi connectivity index (χ1v) is 14.5. The Morgan fingerprint density at radius 2 is 1.73 bits per heavy atom. The number of aromatic nitrogens is 4. The molecule has 0 saturated heterocycles. The van der Waals surface area contributed by atoms with Crippen LogP contribution in [0.25, 0.3) is 33.4 Å². The van der Waals surface area contributed by atoms with Crippen molar-refractivity contribution in [2.45, 2.75) is 79.5 Å². The number of imidazole rings is 2. The highest BCUT2D eigenvalue weighted by atomic mass is 16.6. The lowest BCUT2D eigenvalue weighted by atomic mass is 9.98. The van der Waals surface area contributed by atoms with Crippen molar-refractivity contribution in [2.75, 3.05) is 0 Å². The van der Waals surface area contributed by atoms with Gasteiger partial charge in [-0.2, -0.15) is 0 Å². The average molecular weight is 549 g/mol. The highest BCUT2D eigenvalue weighted by Crippen LogP contribution is 2.30. The summed E-state index contributed by atoms with van der Waals surface area (Å²) in [5.41, 5.74) is 8.45. The van der Waals surface area contributed by atoms with Gasteiger partial charge in [0.15, 0.2) is 0 Å². The minimum Gasteiger partial charge on any atom is -0.456 e. The second kappa shape index (κ2) is 11.4.